The minimum atomic E-state index is -0.443. The van der Waals surface area contributed by atoms with Gasteiger partial charge >= 0.3 is 5.69 Å². The maximum atomic E-state index is 11.4. The molecule has 4 nitrogen and oxygen atoms in total. The molecule has 0 unspecified atom stereocenters. The molecule has 2 N–H and O–H groups in total. The number of aromatic amines is 2. The van der Waals surface area contributed by atoms with Crippen LogP contribution < -0.4 is 11.2 Å². The third kappa shape index (κ3) is 2.02. The summed E-state index contributed by atoms with van der Waals surface area (Å²) in [7, 11) is 0. The molecular weight excluding hydrogens is 212 g/mol. The summed E-state index contributed by atoms with van der Waals surface area (Å²) in [5.41, 5.74) is -0.0976. The summed E-state index contributed by atoms with van der Waals surface area (Å²) >= 11 is 1.45. The van der Waals surface area contributed by atoms with Crippen LogP contribution >= 0.6 is 11.3 Å². The molecule has 80 valence electrons. The molecule has 5 heteroatoms. The Morgan fingerprint density at radius 1 is 1.33 bits per heavy atom. The van der Waals surface area contributed by atoms with Crippen molar-refractivity contribution in [2.24, 2.45) is 5.92 Å². The van der Waals surface area contributed by atoms with Gasteiger partial charge in [-0.05, 0) is 18.4 Å². The van der Waals surface area contributed by atoms with Gasteiger partial charge in [-0.15, -0.1) is 11.3 Å². The average Bonchev–Trinajstić information content (AvgIpc) is 2.45. The Morgan fingerprint density at radius 3 is 2.73 bits per heavy atom. The van der Waals surface area contributed by atoms with Crippen molar-refractivity contribution >= 4 is 21.6 Å². The van der Waals surface area contributed by atoms with Gasteiger partial charge in [0, 0.05) is 4.88 Å². The summed E-state index contributed by atoms with van der Waals surface area (Å²) in [4.78, 5) is 28.4. The highest BCUT2D eigenvalue weighted by Crippen LogP contribution is 2.22. The van der Waals surface area contributed by atoms with Crippen molar-refractivity contribution in [1.29, 1.82) is 0 Å². The molecule has 0 fully saturated rings. The molecule has 0 aliphatic rings. The summed E-state index contributed by atoms with van der Waals surface area (Å²) in [5.74, 6) is 0.545. The van der Waals surface area contributed by atoms with Crippen molar-refractivity contribution < 1.29 is 0 Å². The molecule has 0 radical (unpaired) electrons. The number of aromatic nitrogens is 2. The summed E-state index contributed by atoms with van der Waals surface area (Å²) in [6, 6.07) is 1.89. The lowest BCUT2D eigenvalue weighted by Crippen LogP contribution is -2.20. The lowest BCUT2D eigenvalue weighted by Gasteiger charge is -1.98. The zero-order valence-corrected chi connectivity index (χ0v) is 9.40. The molecule has 15 heavy (non-hydrogen) atoms. The second-order valence-corrected chi connectivity index (χ2v) is 5.10. The van der Waals surface area contributed by atoms with Crippen LogP contribution in [0.1, 0.15) is 18.7 Å². The Hall–Kier alpha value is -1.36. The van der Waals surface area contributed by atoms with Crippen molar-refractivity contribution in [3.8, 4) is 0 Å². The summed E-state index contributed by atoms with van der Waals surface area (Å²) < 4.78 is 0.602. The van der Waals surface area contributed by atoms with Crippen LogP contribution in [0.15, 0.2) is 15.7 Å². The van der Waals surface area contributed by atoms with Crippen LogP contribution in [0.3, 0.4) is 0 Å². The topological polar surface area (TPSA) is 65.7 Å². The molecule has 0 aliphatic heterocycles. The fourth-order valence-electron chi connectivity index (χ4n) is 1.52. The zero-order chi connectivity index (χ0) is 11.0. The molecule has 0 atom stereocenters. The molecule has 2 aromatic rings. The van der Waals surface area contributed by atoms with E-state index in [0.29, 0.717) is 16.1 Å². The van der Waals surface area contributed by atoms with Gasteiger partial charge in [0.1, 0.15) is 4.70 Å². The van der Waals surface area contributed by atoms with E-state index in [9.17, 15) is 9.59 Å². The van der Waals surface area contributed by atoms with E-state index in [1.165, 1.54) is 11.3 Å². The van der Waals surface area contributed by atoms with E-state index in [2.05, 4.69) is 23.8 Å². The van der Waals surface area contributed by atoms with Gasteiger partial charge in [0.05, 0.1) is 5.52 Å². The summed E-state index contributed by atoms with van der Waals surface area (Å²) in [6.45, 7) is 4.24. The van der Waals surface area contributed by atoms with Crippen LogP contribution in [0.25, 0.3) is 10.2 Å². The first-order valence-corrected chi connectivity index (χ1v) is 5.63. The van der Waals surface area contributed by atoms with Crippen LogP contribution in [0.5, 0.6) is 0 Å². The van der Waals surface area contributed by atoms with E-state index >= 15 is 0 Å². The number of thiophene rings is 1. The second-order valence-electron chi connectivity index (χ2n) is 3.96. The van der Waals surface area contributed by atoms with Crippen LogP contribution in [0, 0.1) is 5.92 Å². The minimum Gasteiger partial charge on any atom is -0.306 e. The number of fused-ring (bicyclic) bond motifs is 1. The van der Waals surface area contributed by atoms with E-state index in [1.807, 2.05) is 6.07 Å². The predicted octanol–water partition coefficient (Wildman–Crippen LogP) is 1.48. The smallest absolute Gasteiger partial charge is 0.306 e. The third-order valence-corrected chi connectivity index (χ3v) is 3.23. The van der Waals surface area contributed by atoms with E-state index in [-0.39, 0.29) is 5.56 Å². The van der Waals surface area contributed by atoms with Crippen molar-refractivity contribution in [2.75, 3.05) is 0 Å². The van der Waals surface area contributed by atoms with E-state index in [1.54, 1.807) is 0 Å². The SMILES string of the molecule is CC(C)Cc1cc2[nH]c(=O)[nH]c(=O)c2s1. The van der Waals surface area contributed by atoms with E-state index in [4.69, 9.17) is 0 Å². The van der Waals surface area contributed by atoms with Crippen LogP contribution in [-0.2, 0) is 6.42 Å². The Balaban J connectivity index is 2.60. The third-order valence-electron chi connectivity index (χ3n) is 2.07. The van der Waals surface area contributed by atoms with Gasteiger partial charge < -0.3 is 4.98 Å². The number of hydrogen-bond donors (Lipinski definition) is 2. The van der Waals surface area contributed by atoms with Gasteiger partial charge in [-0.25, -0.2) is 4.79 Å². The van der Waals surface area contributed by atoms with Crippen LogP contribution in [0.4, 0.5) is 0 Å². The van der Waals surface area contributed by atoms with Gasteiger partial charge in [0.15, 0.2) is 0 Å². The lowest BCUT2D eigenvalue weighted by molar-refractivity contribution is 0.654. The maximum Gasteiger partial charge on any atom is 0.326 e. The highest BCUT2D eigenvalue weighted by Gasteiger charge is 2.07. The fraction of sp³-hybridized carbons (Fsp3) is 0.400. The largest absolute Gasteiger partial charge is 0.326 e. The highest BCUT2D eigenvalue weighted by molar-refractivity contribution is 7.18. The van der Waals surface area contributed by atoms with Crippen molar-refractivity contribution in [1.82, 2.24) is 9.97 Å². The van der Waals surface area contributed by atoms with E-state index in [0.717, 1.165) is 11.3 Å². The monoisotopic (exact) mass is 224 g/mol. The van der Waals surface area contributed by atoms with Crippen molar-refractivity contribution in [3.05, 3.63) is 31.8 Å². The Bertz CT molecular complexity index is 591. The standard InChI is InChI=1S/C10H12N2O2S/c1-5(2)3-6-4-7-8(15-6)9(13)12-10(14)11-7/h4-5H,3H2,1-2H3,(H2,11,12,13,14). The number of rotatable bonds is 2. The average molecular weight is 224 g/mol. The molecule has 2 aromatic heterocycles. The van der Waals surface area contributed by atoms with Crippen molar-refractivity contribution in [3.63, 3.8) is 0 Å². The Morgan fingerprint density at radius 2 is 2.07 bits per heavy atom. The molecular formula is C10H12N2O2S. The molecule has 0 spiro atoms. The molecule has 0 amide bonds. The first kappa shape index (κ1) is 10.2. The molecule has 2 heterocycles. The van der Waals surface area contributed by atoms with Gasteiger partial charge in [-0.3, -0.25) is 9.78 Å². The normalized spacial score (nSPS) is 11.4. The molecule has 2 rings (SSSR count). The van der Waals surface area contributed by atoms with Gasteiger partial charge in [0.25, 0.3) is 5.56 Å². The Kier molecular flexibility index (Phi) is 2.48. The highest BCUT2D eigenvalue weighted by atomic mass is 32.1. The number of H-pyrrole nitrogens is 2. The lowest BCUT2D eigenvalue weighted by atomic mass is 10.1. The first-order valence-electron chi connectivity index (χ1n) is 4.81. The number of nitrogens with one attached hydrogen (secondary N) is 2. The zero-order valence-electron chi connectivity index (χ0n) is 8.59. The maximum absolute atomic E-state index is 11.4. The number of hydrogen-bond acceptors (Lipinski definition) is 3. The van der Waals surface area contributed by atoms with Gasteiger partial charge in [0.2, 0.25) is 0 Å². The summed E-state index contributed by atoms with van der Waals surface area (Å²) in [5, 5.41) is 0. The van der Waals surface area contributed by atoms with Gasteiger partial charge in [-0.1, -0.05) is 13.8 Å². The predicted molar refractivity (Wildman–Crippen MR) is 61.6 cm³/mol. The molecule has 0 bridgehead atoms. The van der Waals surface area contributed by atoms with Crippen molar-refractivity contribution in [2.45, 2.75) is 20.3 Å². The van der Waals surface area contributed by atoms with Gasteiger partial charge in [-0.2, -0.15) is 0 Å². The van der Waals surface area contributed by atoms with Crippen LogP contribution in [0.2, 0.25) is 0 Å². The summed E-state index contributed by atoms with van der Waals surface area (Å²) in [6.07, 6.45) is 0.931. The fourth-order valence-corrected chi connectivity index (χ4v) is 2.74. The van der Waals surface area contributed by atoms with E-state index < -0.39 is 5.69 Å². The Labute approximate surface area is 90.0 Å². The minimum absolute atomic E-state index is 0.297. The van der Waals surface area contributed by atoms with Crippen LogP contribution in [-0.4, -0.2) is 9.97 Å². The molecule has 0 aliphatic carbocycles. The molecule has 0 saturated carbocycles. The second kappa shape index (κ2) is 3.66. The molecule has 0 saturated heterocycles. The first-order chi connectivity index (χ1) is 7.06. The molecule has 0 aromatic carbocycles. The quantitative estimate of drug-likeness (QED) is 0.811.